The van der Waals surface area contributed by atoms with Crippen LogP contribution in [0.2, 0.25) is 0 Å². The van der Waals surface area contributed by atoms with Crippen LogP contribution in [0.5, 0.6) is 5.75 Å². The van der Waals surface area contributed by atoms with Crippen LogP contribution in [0.3, 0.4) is 0 Å². The SMILES string of the molecule is CCN(CC)Cc1cccc(O)c1CN(CC)CC. The molecule has 1 rings (SSSR count). The quantitative estimate of drug-likeness (QED) is 0.781. The minimum Gasteiger partial charge on any atom is -0.508 e. The summed E-state index contributed by atoms with van der Waals surface area (Å²) in [7, 11) is 0. The van der Waals surface area contributed by atoms with Crippen LogP contribution in [0.25, 0.3) is 0 Å². The summed E-state index contributed by atoms with van der Waals surface area (Å²) < 4.78 is 0. The minimum atomic E-state index is 0.427. The third kappa shape index (κ3) is 4.51. The molecule has 0 amide bonds. The Bertz CT molecular complexity index is 371. The molecule has 0 bridgehead atoms. The van der Waals surface area contributed by atoms with Crippen molar-refractivity contribution < 1.29 is 5.11 Å². The van der Waals surface area contributed by atoms with Gasteiger partial charge in [0, 0.05) is 18.7 Å². The van der Waals surface area contributed by atoms with Gasteiger partial charge in [-0.05, 0) is 37.8 Å². The molecule has 1 aromatic rings. The molecule has 0 aliphatic heterocycles. The monoisotopic (exact) mass is 264 g/mol. The lowest BCUT2D eigenvalue weighted by atomic mass is 10.0. The lowest BCUT2D eigenvalue weighted by molar-refractivity contribution is 0.276. The predicted molar refractivity (Wildman–Crippen MR) is 81.4 cm³/mol. The molecule has 0 radical (unpaired) electrons. The lowest BCUT2D eigenvalue weighted by Crippen LogP contribution is -2.26. The van der Waals surface area contributed by atoms with Gasteiger partial charge in [0.25, 0.3) is 0 Å². The van der Waals surface area contributed by atoms with E-state index in [1.807, 2.05) is 6.07 Å². The zero-order valence-corrected chi connectivity index (χ0v) is 12.8. The summed E-state index contributed by atoms with van der Waals surface area (Å²) in [5, 5.41) is 10.1. The van der Waals surface area contributed by atoms with Gasteiger partial charge in [-0.25, -0.2) is 0 Å². The molecule has 0 spiro atoms. The second-order valence-electron chi connectivity index (χ2n) is 4.84. The van der Waals surface area contributed by atoms with Crippen LogP contribution >= 0.6 is 0 Å². The van der Waals surface area contributed by atoms with Crippen LogP contribution in [0.15, 0.2) is 18.2 Å². The first-order valence-electron chi connectivity index (χ1n) is 7.40. The van der Waals surface area contributed by atoms with Gasteiger partial charge < -0.3 is 5.11 Å². The van der Waals surface area contributed by atoms with Crippen molar-refractivity contribution in [3.05, 3.63) is 29.3 Å². The molecule has 0 fully saturated rings. The van der Waals surface area contributed by atoms with Crippen LogP contribution < -0.4 is 0 Å². The zero-order valence-electron chi connectivity index (χ0n) is 12.8. The number of hydrogen-bond acceptors (Lipinski definition) is 3. The summed E-state index contributed by atoms with van der Waals surface area (Å²) in [6.07, 6.45) is 0. The van der Waals surface area contributed by atoms with E-state index in [0.717, 1.165) is 44.8 Å². The fourth-order valence-corrected chi connectivity index (χ4v) is 2.31. The molecule has 1 aromatic carbocycles. The van der Waals surface area contributed by atoms with E-state index in [1.165, 1.54) is 5.56 Å². The first kappa shape index (κ1) is 16.0. The van der Waals surface area contributed by atoms with Gasteiger partial charge in [-0.1, -0.05) is 39.8 Å². The lowest BCUT2D eigenvalue weighted by Gasteiger charge is -2.24. The van der Waals surface area contributed by atoms with E-state index in [2.05, 4.69) is 43.6 Å². The average Bonchev–Trinajstić information content (AvgIpc) is 2.44. The third-order valence-corrected chi connectivity index (χ3v) is 3.81. The maximum atomic E-state index is 10.1. The minimum absolute atomic E-state index is 0.427. The van der Waals surface area contributed by atoms with Crippen LogP contribution in [-0.4, -0.2) is 41.1 Å². The summed E-state index contributed by atoms with van der Waals surface area (Å²) in [5.41, 5.74) is 2.33. The van der Waals surface area contributed by atoms with Crippen molar-refractivity contribution in [1.82, 2.24) is 9.80 Å². The van der Waals surface area contributed by atoms with E-state index in [4.69, 9.17) is 0 Å². The molecule has 19 heavy (non-hydrogen) atoms. The number of hydrogen-bond donors (Lipinski definition) is 1. The van der Waals surface area contributed by atoms with E-state index < -0.39 is 0 Å². The van der Waals surface area contributed by atoms with Gasteiger partial charge in [0.05, 0.1) is 0 Å². The molecule has 1 N–H and O–H groups in total. The van der Waals surface area contributed by atoms with Crippen molar-refractivity contribution in [2.75, 3.05) is 26.2 Å². The van der Waals surface area contributed by atoms with E-state index in [-0.39, 0.29) is 0 Å². The third-order valence-electron chi connectivity index (χ3n) is 3.81. The fraction of sp³-hybridized carbons (Fsp3) is 0.625. The Morgan fingerprint density at radius 3 is 1.89 bits per heavy atom. The normalized spacial score (nSPS) is 11.5. The summed E-state index contributed by atoms with van der Waals surface area (Å²) in [6, 6.07) is 5.88. The highest BCUT2D eigenvalue weighted by Crippen LogP contribution is 2.24. The summed E-state index contributed by atoms with van der Waals surface area (Å²) >= 11 is 0. The maximum absolute atomic E-state index is 10.1. The Kier molecular flexibility index (Phi) is 6.89. The van der Waals surface area contributed by atoms with Gasteiger partial charge in [0.2, 0.25) is 0 Å². The number of aromatic hydroxyl groups is 1. The largest absolute Gasteiger partial charge is 0.508 e. The molecule has 0 atom stereocenters. The van der Waals surface area contributed by atoms with Gasteiger partial charge in [-0.3, -0.25) is 9.80 Å². The van der Waals surface area contributed by atoms with E-state index in [1.54, 1.807) is 6.07 Å². The van der Waals surface area contributed by atoms with Gasteiger partial charge >= 0.3 is 0 Å². The molecule has 0 saturated heterocycles. The van der Waals surface area contributed by atoms with E-state index in [9.17, 15) is 5.11 Å². The first-order chi connectivity index (χ1) is 9.15. The van der Waals surface area contributed by atoms with Crippen molar-refractivity contribution in [2.45, 2.75) is 40.8 Å². The molecule has 108 valence electrons. The van der Waals surface area contributed by atoms with Gasteiger partial charge in [-0.15, -0.1) is 0 Å². The van der Waals surface area contributed by atoms with Crippen LogP contribution in [0, 0.1) is 0 Å². The van der Waals surface area contributed by atoms with Crippen LogP contribution in [-0.2, 0) is 13.1 Å². The van der Waals surface area contributed by atoms with Crippen LogP contribution in [0.4, 0.5) is 0 Å². The standard InChI is InChI=1S/C16H28N2O/c1-5-17(6-2)12-14-10-9-11-16(19)15(14)13-18(7-3)8-4/h9-11,19H,5-8,12-13H2,1-4H3. The van der Waals surface area contributed by atoms with Crippen molar-refractivity contribution in [2.24, 2.45) is 0 Å². The molecule has 0 aliphatic carbocycles. The highest BCUT2D eigenvalue weighted by molar-refractivity contribution is 5.39. The second kappa shape index (κ2) is 8.18. The number of rotatable bonds is 8. The molecule has 3 heteroatoms. The highest BCUT2D eigenvalue weighted by Gasteiger charge is 2.12. The van der Waals surface area contributed by atoms with Crippen LogP contribution in [0.1, 0.15) is 38.8 Å². The first-order valence-corrected chi connectivity index (χ1v) is 7.40. The van der Waals surface area contributed by atoms with E-state index >= 15 is 0 Å². The maximum Gasteiger partial charge on any atom is 0.120 e. The number of phenols is 1. The van der Waals surface area contributed by atoms with Crippen molar-refractivity contribution >= 4 is 0 Å². The van der Waals surface area contributed by atoms with Crippen molar-refractivity contribution in [3.63, 3.8) is 0 Å². The molecule has 0 saturated carbocycles. The van der Waals surface area contributed by atoms with Crippen molar-refractivity contribution in [3.8, 4) is 5.75 Å². The molecule has 0 unspecified atom stereocenters. The molecule has 0 heterocycles. The van der Waals surface area contributed by atoms with E-state index in [0.29, 0.717) is 5.75 Å². The zero-order chi connectivity index (χ0) is 14.3. The molecular weight excluding hydrogens is 236 g/mol. The number of benzene rings is 1. The number of phenolic OH excluding ortho intramolecular Hbond substituents is 1. The average molecular weight is 264 g/mol. The summed E-state index contributed by atoms with van der Waals surface area (Å²) in [6.45, 7) is 14.5. The summed E-state index contributed by atoms with van der Waals surface area (Å²) in [4.78, 5) is 4.71. The van der Waals surface area contributed by atoms with Gasteiger partial charge in [0.15, 0.2) is 0 Å². The Morgan fingerprint density at radius 1 is 0.842 bits per heavy atom. The summed E-state index contributed by atoms with van der Waals surface area (Å²) in [5.74, 6) is 0.427. The smallest absolute Gasteiger partial charge is 0.120 e. The molecule has 0 aliphatic rings. The fourth-order valence-electron chi connectivity index (χ4n) is 2.31. The Hall–Kier alpha value is -1.06. The Balaban J connectivity index is 2.94. The number of nitrogens with zero attached hydrogens (tertiary/aromatic N) is 2. The highest BCUT2D eigenvalue weighted by atomic mass is 16.3. The predicted octanol–water partition coefficient (Wildman–Crippen LogP) is 3.08. The van der Waals surface area contributed by atoms with Gasteiger partial charge in [0.1, 0.15) is 5.75 Å². The van der Waals surface area contributed by atoms with Gasteiger partial charge in [-0.2, -0.15) is 0 Å². The van der Waals surface area contributed by atoms with Crippen molar-refractivity contribution in [1.29, 1.82) is 0 Å². The Morgan fingerprint density at radius 2 is 1.37 bits per heavy atom. The second-order valence-corrected chi connectivity index (χ2v) is 4.84. The molecule has 0 aromatic heterocycles. The molecular formula is C16H28N2O. The molecule has 3 nitrogen and oxygen atoms in total. The topological polar surface area (TPSA) is 26.7 Å². The Labute approximate surface area is 117 Å².